The summed E-state index contributed by atoms with van der Waals surface area (Å²) in [6.07, 6.45) is 2.03. The van der Waals surface area contributed by atoms with Crippen molar-refractivity contribution in [2.45, 2.75) is 18.9 Å². The number of ketones is 1. The van der Waals surface area contributed by atoms with E-state index in [2.05, 4.69) is 10.6 Å². The lowest BCUT2D eigenvalue weighted by Crippen LogP contribution is -2.35. The van der Waals surface area contributed by atoms with E-state index in [0.29, 0.717) is 11.6 Å². The second kappa shape index (κ2) is 6.71. The molecule has 0 atom stereocenters. The van der Waals surface area contributed by atoms with Crippen molar-refractivity contribution < 1.29 is 9.18 Å². The Morgan fingerprint density at radius 1 is 1.00 bits per heavy atom. The van der Waals surface area contributed by atoms with E-state index < -0.39 is 5.82 Å². The van der Waals surface area contributed by atoms with Gasteiger partial charge >= 0.3 is 0 Å². The number of hydrogen-bond acceptors (Lipinski definition) is 3. The number of hydrogen-bond donors (Lipinski definition) is 2. The maximum Gasteiger partial charge on any atom is 0.198 e. The summed E-state index contributed by atoms with van der Waals surface area (Å²) in [5.41, 5.74) is 1.41. The molecule has 1 aliphatic heterocycles. The molecule has 1 heterocycles. The number of para-hydroxylation sites is 1. The molecule has 0 spiro atoms. The van der Waals surface area contributed by atoms with Crippen molar-refractivity contribution in [2.75, 3.05) is 18.4 Å². The first-order valence-corrected chi connectivity index (χ1v) is 7.61. The molecule has 2 aromatic rings. The molecule has 114 valence electrons. The fourth-order valence-electron chi connectivity index (χ4n) is 2.78. The van der Waals surface area contributed by atoms with Crippen LogP contribution in [0.1, 0.15) is 28.8 Å². The molecule has 22 heavy (non-hydrogen) atoms. The van der Waals surface area contributed by atoms with Gasteiger partial charge in [0, 0.05) is 17.3 Å². The second-order valence-corrected chi connectivity index (χ2v) is 5.52. The van der Waals surface area contributed by atoms with E-state index in [-0.39, 0.29) is 11.3 Å². The Bertz CT molecular complexity index is 666. The molecule has 0 aromatic heterocycles. The second-order valence-electron chi connectivity index (χ2n) is 5.52. The summed E-state index contributed by atoms with van der Waals surface area (Å²) in [5, 5.41) is 6.75. The average molecular weight is 298 g/mol. The topological polar surface area (TPSA) is 41.1 Å². The molecule has 1 aliphatic rings. The summed E-state index contributed by atoms with van der Waals surface area (Å²) in [7, 11) is 0. The Morgan fingerprint density at radius 3 is 2.36 bits per heavy atom. The van der Waals surface area contributed by atoms with Gasteiger partial charge in [-0.3, -0.25) is 4.79 Å². The number of nitrogens with one attached hydrogen (secondary N) is 2. The summed E-state index contributed by atoms with van der Waals surface area (Å²) < 4.78 is 13.9. The van der Waals surface area contributed by atoms with Crippen molar-refractivity contribution in [1.82, 2.24) is 5.32 Å². The van der Waals surface area contributed by atoms with Crippen LogP contribution in [0.4, 0.5) is 10.1 Å². The third kappa shape index (κ3) is 3.17. The number of carbonyl (C=O) groups is 1. The van der Waals surface area contributed by atoms with Crippen LogP contribution in [-0.2, 0) is 0 Å². The van der Waals surface area contributed by atoms with Crippen molar-refractivity contribution in [3.05, 3.63) is 65.5 Å². The molecule has 0 aliphatic carbocycles. The Kier molecular flexibility index (Phi) is 4.49. The Labute approximate surface area is 129 Å². The summed E-state index contributed by atoms with van der Waals surface area (Å²) in [4.78, 5) is 12.6. The first kappa shape index (κ1) is 14.7. The summed E-state index contributed by atoms with van der Waals surface area (Å²) >= 11 is 0. The highest BCUT2D eigenvalue weighted by Crippen LogP contribution is 2.22. The summed E-state index contributed by atoms with van der Waals surface area (Å²) in [6, 6.07) is 13.8. The van der Waals surface area contributed by atoms with Crippen molar-refractivity contribution >= 4 is 11.5 Å². The van der Waals surface area contributed by atoms with E-state index in [0.717, 1.165) is 31.6 Å². The lowest BCUT2D eigenvalue weighted by Gasteiger charge is -2.25. The molecule has 1 saturated heterocycles. The molecule has 3 nitrogen and oxygen atoms in total. The van der Waals surface area contributed by atoms with E-state index in [4.69, 9.17) is 0 Å². The molecule has 4 heteroatoms. The van der Waals surface area contributed by atoms with Crippen molar-refractivity contribution in [3.8, 4) is 0 Å². The number of carbonyl (C=O) groups excluding carboxylic acids is 1. The monoisotopic (exact) mass is 298 g/mol. The van der Waals surface area contributed by atoms with Crippen LogP contribution in [0.25, 0.3) is 0 Å². The maximum atomic E-state index is 13.9. The third-order valence-corrected chi connectivity index (χ3v) is 3.99. The van der Waals surface area contributed by atoms with Gasteiger partial charge in [-0.05, 0) is 50.2 Å². The van der Waals surface area contributed by atoms with Crippen molar-refractivity contribution in [3.63, 3.8) is 0 Å². The average Bonchev–Trinajstić information content (AvgIpc) is 2.56. The molecule has 0 unspecified atom stereocenters. The summed E-state index contributed by atoms with van der Waals surface area (Å²) in [6.45, 7) is 1.95. The highest BCUT2D eigenvalue weighted by Gasteiger charge is 2.19. The van der Waals surface area contributed by atoms with Crippen LogP contribution in [0.3, 0.4) is 0 Å². The number of halogens is 1. The smallest absolute Gasteiger partial charge is 0.198 e. The zero-order valence-corrected chi connectivity index (χ0v) is 12.3. The van der Waals surface area contributed by atoms with Gasteiger partial charge in [0.25, 0.3) is 0 Å². The summed E-state index contributed by atoms with van der Waals surface area (Å²) in [5.74, 6) is -0.765. The van der Waals surface area contributed by atoms with Crippen LogP contribution in [0.5, 0.6) is 0 Å². The number of rotatable bonds is 4. The third-order valence-electron chi connectivity index (χ3n) is 3.99. The number of anilines is 1. The van der Waals surface area contributed by atoms with E-state index in [9.17, 15) is 9.18 Å². The fraction of sp³-hybridized carbons (Fsp3) is 0.278. The van der Waals surface area contributed by atoms with E-state index in [1.54, 1.807) is 18.2 Å². The van der Waals surface area contributed by atoms with E-state index in [1.807, 2.05) is 18.2 Å². The van der Waals surface area contributed by atoms with Crippen molar-refractivity contribution in [1.29, 1.82) is 0 Å². The van der Waals surface area contributed by atoms with Crippen molar-refractivity contribution in [2.24, 2.45) is 0 Å². The predicted octanol–water partition coefficient (Wildman–Crippen LogP) is 3.22. The minimum absolute atomic E-state index is 0.113. The van der Waals surface area contributed by atoms with Gasteiger partial charge in [0.05, 0.1) is 5.56 Å². The van der Waals surface area contributed by atoms with Gasteiger partial charge in [0.1, 0.15) is 5.82 Å². The first-order valence-electron chi connectivity index (χ1n) is 7.61. The van der Waals surface area contributed by atoms with Gasteiger partial charge in [-0.25, -0.2) is 4.39 Å². The molecule has 2 N–H and O–H groups in total. The number of benzene rings is 2. The fourth-order valence-corrected chi connectivity index (χ4v) is 2.78. The minimum Gasteiger partial charge on any atom is -0.382 e. The predicted molar refractivity (Wildman–Crippen MR) is 85.8 cm³/mol. The first-order chi connectivity index (χ1) is 10.8. The van der Waals surface area contributed by atoms with E-state index >= 15 is 0 Å². The molecule has 0 saturated carbocycles. The molecule has 1 fully saturated rings. The Hall–Kier alpha value is -2.20. The molecule has 0 amide bonds. The SMILES string of the molecule is O=C(c1ccccc1F)c1ccccc1NC1CCNCC1. The van der Waals surface area contributed by atoms with Gasteiger partial charge in [-0.2, -0.15) is 0 Å². The molecule has 0 radical (unpaired) electrons. The van der Waals surface area contributed by atoms with Crippen LogP contribution in [0.15, 0.2) is 48.5 Å². The lowest BCUT2D eigenvalue weighted by molar-refractivity contribution is 0.103. The Balaban J connectivity index is 1.87. The maximum absolute atomic E-state index is 13.9. The van der Waals surface area contributed by atoms with Crippen LogP contribution >= 0.6 is 0 Å². The molecule has 3 rings (SSSR count). The van der Waals surface area contributed by atoms with Gasteiger partial charge in [0.15, 0.2) is 5.78 Å². The lowest BCUT2D eigenvalue weighted by atomic mass is 9.99. The normalized spacial score (nSPS) is 15.5. The van der Waals surface area contributed by atoms with Crippen LogP contribution in [0, 0.1) is 5.82 Å². The van der Waals surface area contributed by atoms with Gasteiger partial charge in [-0.1, -0.05) is 24.3 Å². The minimum atomic E-state index is -0.482. The standard InChI is InChI=1S/C18H19FN2O/c19-16-7-3-1-5-14(16)18(22)15-6-2-4-8-17(15)21-13-9-11-20-12-10-13/h1-8,13,20-21H,9-12H2. The van der Waals surface area contributed by atoms with Crippen LogP contribution in [-0.4, -0.2) is 24.9 Å². The van der Waals surface area contributed by atoms with Crippen LogP contribution < -0.4 is 10.6 Å². The largest absolute Gasteiger partial charge is 0.382 e. The van der Waals surface area contributed by atoms with Gasteiger partial charge < -0.3 is 10.6 Å². The van der Waals surface area contributed by atoms with Gasteiger partial charge in [-0.15, -0.1) is 0 Å². The highest BCUT2D eigenvalue weighted by atomic mass is 19.1. The molecular formula is C18H19FN2O. The Morgan fingerprint density at radius 2 is 1.64 bits per heavy atom. The zero-order valence-electron chi connectivity index (χ0n) is 12.3. The van der Waals surface area contributed by atoms with E-state index in [1.165, 1.54) is 12.1 Å². The van der Waals surface area contributed by atoms with Gasteiger partial charge in [0.2, 0.25) is 0 Å². The quantitative estimate of drug-likeness (QED) is 0.852. The zero-order chi connectivity index (χ0) is 15.4. The number of piperidine rings is 1. The molecular weight excluding hydrogens is 279 g/mol. The molecule has 2 aromatic carbocycles. The van der Waals surface area contributed by atoms with Crippen LogP contribution in [0.2, 0.25) is 0 Å². The molecule has 0 bridgehead atoms. The highest BCUT2D eigenvalue weighted by molar-refractivity contribution is 6.12.